The molecule has 1 aromatic carbocycles. The Balaban J connectivity index is 1.74. The van der Waals surface area contributed by atoms with Gasteiger partial charge in [0.2, 0.25) is 0 Å². The molecular formula is C22H21N3O3S. The fourth-order valence-electron chi connectivity index (χ4n) is 3.70. The Kier molecular flexibility index (Phi) is 5.07. The summed E-state index contributed by atoms with van der Waals surface area (Å²) in [6, 6.07) is 16.2. The molecule has 7 heteroatoms. The van der Waals surface area contributed by atoms with Crippen molar-refractivity contribution in [1.82, 2.24) is 15.2 Å². The average molecular weight is 407 g/mol. The molecule has 1 aliphatic heterocycles. The van der Waals surface area contributed by atoms with Gasteiger partial charge in [0.1, 0.15) is 17.6 Å². The van der Waals surface area contributed by atoms with Crippen molar-refractivity contribution in [3.05, 3.63) is 77.8 Å². The predicted octanol–water partition coefficient (Wildman–Crippen LogP) is 4.42. The maximum absolute atomic E-state index is 11.3. The Morgan fingerprint density at radius 3 is 2.72 bits per heavy atom. The quantitative estimate of drug-likeness (QED) is 0.606. The number of aromatic nitrogens is 1. The zero-order valence-corrected chi connectivity index (χ0v) is 16.9. The van der Waals surface area contributed by atoms with E-state index in [1.54, 1.807) is 24.4 Å². The number of furan rings is 1. The van der Waals surface area contributed by atoms with E-state index in [-0.39, 0.29) is 23.7 Å². The molecule has 0 aliphatic carbocycles. The fraction of sp³-hybridized carbons (Fsp3) is 0.227. The molecule has 0 amide bonds. The molecule has 1 fully saturated rings. The van der Waals surface area contributed by atoms with Crippen molar-refractivity contribution in [2.24, 2.45) is 0 Å². The van der Waals surface area contributed by atoms with E-state index in [0.717, 1.165) is 17.0 Å². The first-order chi connectivity index (χ1) is 14.0. The van der Waals surface area contributed by atoms with Gasteiger partial charge in [0.05, 0.1) is 17.3 Å². The number of nitrogens with one attached hydrogen (secondary N) is 1. The summed E-state index contributed by atoms with van der Waals surface area (Å²) >= 11 is 5.60. The molecule has 2 N–H and O–H groups in total. The third kappa shape index (κ3) is 3.61. The molecular weight excluding hydrogens is 386 g/mol. The number of nitrogens with zero attached hydrogens (tertiary/aromatic N) is 2. The van der Waals surface area contributed by atoms with Gasteiger partial charge in [-0.3, -0.25) is 4.98 Å². The first kappa shape index (κ1) is 19.1. The molecule has 0 unspecified atom stereocenters. The smallest absolute Gasteiger partial charge is 0.335 e. The zero-order chi connectivity index (χ0) is 20.5. The number of rotatable bonds is 5. The fourth-order valence-corrected chi connectivity index (χ4v) is 4.15. The van der Waals surface area contributed by atoms with Crippen LogP contribution in [0.25, 0.3) is 11.3 Å². The first-order valence-corrected chi connectivity index (χ1v) is 9.79. The van der Waals surface area contributed by atoms with Crippen LogP contribution >= 0.6 is 12.2 Å². The summed E-state index contributed by atoms with van der Waals surface area (Å²) in [4.78, 5) is 17.9. The molecule has 0 bridgehead atoms. The summed E-state index contributed by atoms with van der Waals surface area (Å²) < 4.78 is 6.21. The predicted molar refractivity (Wildman–Crippen MR) is 114 cm³/mol. The largest absolute Gasteiger partial charge is 0.478 e. The van der Waals surface area contributed by atoms with Gasteiger partial charge < -0.3 is 19.7 Å². The van der Waals surface area contributed by atoms with Crippen molar-refractivity contribution >= 4 is 23.3 Å². The third-order valence-electron chi connectivity index (χ3n) is 5.00. The second-order valence-electron chi connectivity index (χ2n) is 7.22. The van der Waals surface area contributed by atoms with Crippen LogP contribution in [0.5, 0.6) is 0 Å². The summed E-state index contributed by atoms with van der Waals surface area (Å²) in [5.41, 5.74) is 1.82. The van der Waals surface area contributed by atoms with Crippen LogP contribution < -0.4 is 5.32 Å². The summed E-state index contributed by atoms with van der Waals surface area (Å²) in [6.45, 7) is 4.17. The Morgan fingerprint density at radius 1 is 1.21 bits per heavy atom. The highest BCUT2D eigenvalue weighted by Crippen LogP contribution is 2.41. The average Bonchev–Trinajstić information content (AvgIpc) is 3.33. The van der Waals surface area contributed by atoms with Crippen molar-refractivity contribution in [3.8, 4) is 11.3 Å². The normalized spacial score (nSPS) is 18.9. The van der Waals surface area contributed by atoms with Crippen LogP contribution in [0.3, 0.4) is 0 Å². The lowest BCUT2D eigenvalue weighted by Crippen LogP contribution is -2.35. The number of aromatic carboxylic acids is 1. The van der Waals surface area contributed by atoms with Gasteiger partial charge in [0, 0.05) is 17.8 Å². The molecule has 0 saturated carbocycles. The van der Waals surface area contributed by atoms with Crippen LogP contribution in [0.2, 0.25) is 0 Å². The Morgan fingerprint density at radius 2 is 2.03 bits per heavy atom. The number of carbonyl (C=O) groups is 1. The lowest BCUT2D eigenvalue weighted by atomic mass is 10.0. The summed E-state index contributed by atoms with van der Waals surface area (Å²) in [5.74, 6) is 0.395. The molecule has 0 radical (unpaired) electrons. The lowest BCUT2D eigenvalue weighted by molar-refractivity contribution is 0.0697. The Hall–Kier alpha value is -3.19. The van der Waals surface area contributed by atoms with Gasteiger partial charge in [-0.15, -0.1) is 0 Å². The van der Waals surface area contributed by atoms with Crippen LogP contribution in [-0.2, 0) is 0 Å². The van der Waals surface area contributed by atoms with Gasteiger partial charge in [0.25, 0.3) is 0 Å². The maximum atomic E-state index is 11.3. The molecule has 29 heavy (non-hydrogen) atoms. The summed E-state index contributed by atoms with van der Waals surface area (Å²) in [6.07, 6.45) is 1.76. The lowest BCUT2D eigenvalue weighted by Gasteiger charge is -2.29. The van der Waals surface area contributed by atoms with Crippen LogP contribution in [0, 0.1) is 0 Å². The topological polar surface area (TPSA) is 78.6 Å². The monoisotopic (exact) mass is 407 g/mol. The van der Waals surface area contributed by atoms with Crippen LogP contribution in [-0.4, -0.2) is 32.1 Å². The molecule has 148 valence electrons. The minimum Gasteiger partial charge on any atom is -0.478 e. The van der Waals surface area contributed by atoms with Gasteiger partial charge in [-0.2, -0.15) is 0 Å². The number of carboxylic acids is 1. The molecule has 6 nitrogen and oxygen atoms in total. The molecule has 1 aliphatic rings. The van der Waals surface area contributed by atoms with Gasteiger partial charge >= 0.3 is 5.97 Å². The second-order valence-corrected chi connectivity index (χ2v) is 7.60. The van der Waals surface area contributed by atoms with Crippen LogP contribution in [0.15, 0.2) is 65.2 Å². The van der Waals surface area contributed by atoms with Gasteiger partial charge in [-0.1, -0.05) is 18.2 Å². The highest BCUT2D eigenvalue weighted by Gasteiger charge is 2.42. The standard InChI is InChI=1S/C22H21N3O3S/c1-13(2)25-20(19(24-22(25)29)16-8-3-4-11-23-16)18-10-9-17(28-18)14-6-5-7-15(12-14)21(26)27/h3-13,19-20H,1-2H3,(H,24,29)(H,26,27)/t19-,20-/m1/s1. The minimum absolute atomic E-state index is 0.143. The Labute approximate surface area is 174 Å². The number of hydrogen-bond acceptors (Lipinski definition) is 4. The second kappa shape index (κ2) is 7.67. The SMILES string of the molecule is CC(C)N1C(=S)N[C@H](c2ccccn2)[C@H]1c1ccc(-c2cccc(C(=O)O)c2)o1. The van der Waals surface area contributed by atoms with Crippen molar-refractivity contribution in [2.75, 3.05) is 0 Å². The highest BCUT2D eigenvalue weighted by atomic mass is 32.1. The molecule has 3 aromatic rings. The number of hydrogen-bond donors (Lipinski definition) is 2. The van der Waals surface area contributed by atoms with Crippen LogP contribution in [0.4, 0.5) is 0 Å². The molecule has 2 aromatic heterocycles. The zero-order valence-electron chi connectivity index (χ0n) is 16.1. The van der Waals surface area contributed by atoms with Crippen molar-refractivity contribution in [3.63, 3.8) is 0 Å². The summed E-state index contributed by atoms with van der Waals surface area (Å²) in [7, 11) is 0. The van der Waals surface area contributed by atoms with E-state index in [9.17, 15) is 9.90 Å². The van der Waals surface area contributed by atoms with E-state index in [2.05, 4.69) is 29.0 Å². The summed E-state index contributed by atoms with van der Waals surface area (Å²) in [5, 5.41) is 13.3. The molecule has 0 spiro atoms. The maximum Gasteiger partial charge on any atom is 0.335 e. The first-order valence-electron chi connectivity index (χ1n) is 9.39. The van der Waals surface area contributed by atoms with Gasteiger partial charge in [0.15, 0.2) is 5.11 Å². The molecule has 1 saturated heterocycles. The number of pyridine rings is 1. The highest BCUT2D eigenvalue weighted by molar-refractivity contribution is 7.80. The third-order valence-corrected chi connectivity index (χ3v) is 5.33. The van der Waals surface area contributed by atoms with E-state index in [1.807, 2.05) is 36.4 Å². The Bertz CT molecular complexity index is 1050. The van der Waals surface area contributed by atoms with E-state index < -0.39 is 5.97 Å². The van der Waals surface area contributed by atoms with E-state index >= 15 is 0 Å². The van der Waals surface area contributed by atoms with Gasteiger partial charge in [-0.25, -0.2) is 4.79 Å². The molecule has 3 heterocycles. The minimum atomic E-state index is -0.967. The van der Waals surface area contributed by atoms with E-state index in [1.165, 1.54) is 0 Å². The molecule has 2 atom stereocenters. The molecule has 4 rings (SSSR count). The van der Waals surface area contributed by atoms with Crippen LogP contribution in [0.1, 0.15) is 47.7 Å². The van der Waals surface area contributed by atoms with E-state index in [0.29, 0.717) is 10.9 Å². The number of carboxylic acid groups (broad SMARTS) is 1. The van der Waals surface area contributed by atoms with E-state index in [4.69, 9.17) is 16.6 Å². The van der Waals surface area contributed by atoms with Crippen molar-refractivity contribution in [1.29, 1.82) is 0 Å². The number of thiocarbonyl (C=S) groups is 1. The van der Waals surface area contributed by atoms with Crippen molar-refractivity contribution < 1.29 is 14.3 Å². The number of benzene rings is 1. The van der Waals surface area contributed by atoms with Crippen molar-refractivity contribution in [2.45, 2.75) is 32.0 Å². The van der Waals surface area contributed by atoms with Gasteiger partial charge in [-0.05, 0) is 62.5 Å².